The molecule has 1 aromatic rings. The number of nitrogens with zero attached hydrogens (tertiary/aromatic N) is 1. The summed E-state index contributed by atoms with van der Waals surface area (Å²) >= 11 is 0. The number of benzene rings is 1. The molecule has 0 bridgehead atoms. The molecular weight excluding hydrogens is 302 g/mol. The van der Waals surface area contributed by atoms with E-state index in [-0.39, 0.29) is 0 Å². The first-order valence-electron chi connectivity index (χ1n) is 9.09. The highest BCUT2D eigenvalue weighted by atomic mass is 16.5. The molecule has 4 heteroatoms. The molecule has 1 aromatic carbocycles. The second-order valence-electron chi connectivity index (χ2n) is 6.07. The first-order chi connectivity index (χ1) is 11.8. The van der Waals surface area contributed by atoms with Crippen LogP contribution < -0.4 is 9.47 Å². The Morgan fingerprint density at radius 2 is 1.54 bits per heavy atom. The molecule has 0 aliphatic rings. The smallest absolute Gasteiger partial charge is 0.161 e. The molecule has 24 heavy (non-hydrogen) atoms. The van der Waals surface area contributed by atoms with Crippen molar-refractivity contribution in [2.75, 3.05) is 20.3 Å². The van der Waals surface area contributed by atoms with Gasteiger partial charge in [-0.05, 0) is 30.5 Å². The Balaban J connectivity index is 2.10. The third-order valence-electron chi connectivity index (χ3n) is 4.07. The van der Waals surface area contributed by atoms with Gasteiger partial charge in [0, 0.05) is 6.61 Å². The molecule has 0 aromatic heterocycles. The lowest BCUT2D eigenvalue weighted by Crippen LogP contribution is -2.00. The molecule has 0 saturated heterocycles. The van der Waals surface area contributed by atoms with Crippen LogP contribution in [0.15, 0.2) is 18.2 Å². The molecule has 0 fully saturated rings. The lowest BCUT2D eigenvalue weighted by atomic mass is 10.1. The van der Waals surface area contributed by atoms with E-state index in [9.17, 15) is 0 Å². The minimum atomic E-state index is 0.325. The molecule has 0 heterocycles. The van der Waals surface area contributed by atoms with Gasteiger partial charge in [-0.3, -0.25) is 0 Å². The lowest BCUT2D eigenvalue weighted by molar-refractivity contribution is 0.281. The van der Waals surface area contributed by atoms with E-state index in [1.54, 1.807) is 7.11 Å². The van der Waals surface area contributed by atoms with E-state index >= 15 is 0 Å². The SMILES string of the molecule is COc1cc(CC#N)ccc1OCCCCCCCCCCCO. The summed E-state index contributed by atoms with van der Waals surface area (Å²) in [5.41, 5.74) is 0.945. The topological polar surface area (TPSA) is 62.5 Å². The van der Waals surface area contributed by atoms with Crippen LogP contribution in [0, 0.1) is 11.3 Å². The van der Waals surface area contributed by atoms with Crippen LogP contribution in [0.1, 0.15) is 63.4 Å². The number of rotatable bonds is 14. The Kier molecular flexibility index (Phi) is 11.6. The highest BCUT2D eigenvalue weighted by molar-refractivity contribution is 5.43. The van der Waals surface area contributed by atoms with Crippen LogP contribution in [-0.4, -0.2) is 25.4 Å². The van der Waals surface area contributed by atoms with Gasteiger partial charge in [0.15, 0.2) is 11.5 Å². The molecule has 0 radical (unpaired) electrons. The van der Waals surface area contributed by atoms with Gasteiger partial charge in [-0.1, -0.05) is 51.0 Å². The predicted octanol–water partition coefficient (Wildman–Crippen LogP) is 4.64. The van der Waals surface area contributed by atoms with Gasteiger partial charge in [-0.2, -0.15) is 5.26 Å². The van der Waals surface area contributed by atoms with Gasteiger partial charge in [0.1, 0.15) is 0 Å². The maximum absolute atomic E-state index is 8.74. The normalized spacial score (nSPS) is 10.4. The van der Waals surface area contributed by atoms with Gasteiger partial charge in [0.05, 0.1) is 26.2 Å². The fourth-order valence-corrected chi connectivity index (χ4v) is 2.67. The third kappa shape index (κ3) is 8.79. The number of unbranched alkanes of at least 4 members (excludes halogenated alkanes) is 8. The molecule has 1 N–H and O–H groups in total. The highest BCUT2D eigenvalue weighted by Gasteiger charge is 2.05. The number of methoxy groups -OCH3 is 1. The van der Waals surface area contributed by atoms with Crippen molar-refractivity contribution in [1.29, 1.82) is 5.26 Å². The zero-order valence-corrected chi connectivity index (χ0v) is 14.9. The van der Waals surface area contributed by atoms with Gasteiger partial charge in [-0.15, -0.1) is 0 Å². The number of hydrogen-bond donors (Lipinski definition) is 1. The monoisotopic (exact) mass is 333 g/mol. The van der Waals surface area contributed by atoms with Gasteiger partial charge >= 0.3 is 0 Å². The van der Waals surface area contributed by atoms with E-state index in [1.807, 2.05) is 18.2 Å². The molecule has 1 rings (SSSR count). The molecule has 4 nitrogen and oxygen atoms in total. The molecule has 0 spiro atoms. The van der Waals surface area contributed by atoms with Gasteiger partial charge < -0.3 is 14.6 Å². The van der Waals surface area contributed by atoms with Crippen LogP contribution in [0.2, 0.25) is 0 Å². The van der Waals surface area contributed by atoms with Crippen molar-refractivity contribution in [3.05, 3.63) is 23.8 Å². The summed E-state index contributed by atoms with van der Waals surface area (Å²) in [5.74, 6) is 1.45. The molecule has 0 amide bonds. The predicted molar refractivity (Wildman–Crippen MR) is 96.4 cm³/mol. The molecule has 0 aliphatic heterocycles. The zero-order valence-electron chi connectivity index (χ0n) is 14.9. The highest BCUT2D eigenvalue weighted by Crippen LogP contribution is 2.28. The Morgan fingerprint density at radius 1 is 0.917 bits per heavy atom. The van der Waals surface area contributed by atoms with E-state index in [2.05, 4.69) is 6.07 Å². The summed E-state index contributed by atoms with van der Waals surface area (Å²) in [7, 11) is 1.62. The quantitative estimate of drug-likeness (QED) is 0.504. The zero-order chi connectivity index (χ0) is 17.5. The largest absolute Gasteiger partial charge is 0.493 e. The average Bonchev–Trinajstić information content (AvgIpc) is 2.60. The number of ether oxygens (including phenoxy) is 2. The standard InChI is InChI=1S/C20H31NO3/c1-23-20-17-18(13-14-21)11-12-19(20)24-16-10-8-6-4-2-3-5-7-9-15-22/h11-12,17,22H,2-10,13,15-16H2,1H3. The fraction of sp³-hybridized carbons (Fsp3) is 0.650. The van der Waals surface area contributed by atoms with Crippen molar-refractivity contribution < 1.29 is 14.6 Å². The van der Waals surface area contributed by atoms with Gasteiger partial charge in [0.2, 0.25) is 0 Å². The molecular formula is C20H31NO3. The Labute approximate surface area is 146 Å². The van der Waals surface area contributed by atoms with Crippen molar-refractivity contribution >= 4 is 0 Å². The third-order valence-corrected chi connectivity index (χ3v) is 4.07. The Bertz CT molecular complexity index is 482. The minimum absolute atomic E-state index is 0.325. The first kappa shape index (κ1) is 20.3. The van der Waals surface area contributed by atoms with Crippen LogP contribution in [0.3, 0.4) is 0 Å². The maximum atomic E-state index is 8.74. The lowest BCUT2D eigenvalue weighted by Gasteiger charge is -2.11. The van der Waals surface area contributed by atoms with Crippen LogP contribution >= 0.6 is 0 Å². The molecule has 0 unspecified atom stereocenters. The first-order valence-corrected chi connectivity index (χ1v) is 9.09. The van der Waals surface area contributed by atoms with Crippen molar-refractivity contribution in [3.63, 3.8) is 0 Å². The maximum Gasteiger partial charge on any atom is 0.161 e. The minimum Gasteiger partial charge on any atom is -0.493 e. The second kappa shape index (κ2) is 13.7. The Morgan fingerprint density at radius 3 is 2.12 bits per heavy atom. The van der Waals surface area contributed by atoms with E-state index in [0.717, 1.165) is 30.6 Å². The summed E-state index contributed by atoms with van der Waals surface area (Å²) in [6, 6.07) is 7.81. The summed E-state index contributed by atoms with van der Waals surface area (Å²) in [4.78, 5) is 0. The van der Waals surface area contributed by atoms with Crippen LogP contribution in [0.5, 0.6) is 11.5 Å². The van der Waals surface area contributed by atoms with E-state index < -0.39 is 0 Å². The summed E-state index contributed by atoms with van der Waals surface area (Å²) < 4.78 is 11.1. The fourth-order valence-electron chi connectivity index (χ4n) is 2.67. The van der Waals surface area contributed by atoms with Crippen LogP contribution in [-0.2, 0) is 6.42 Å². The summed E-state index contributed by atoms with van der Waals surface area (Å²) in [6.45, 7) is 1.02. The number of nitriles is 1. The van der Waals surface area contributed by atoms with Crippen molar-refractivity contribution in [3.8, 4) is 17.6 Å². The summed E-state index contributed by atoms with van der Waals surface area (Å²) in [6.07, 6.45) is 11.1. The van der Waals surface area contributed by atoms with Crippen molar-refractivity contribution in [2.24, 2.45) is 0 Å². The molecule has 0 saturated carbocycles. The van der Waals surface area contributed by atoms with Crippen molar-refractivity contribution in [1.82, 2.24) is 0 Å². The van der Waals surface area contributed by atoms with Gasteiger partial charge in [0.25, 0.3) is 0 Å². The summed E-state index contributed by atoms with van der Waals surface area (Å²) in [5, 5.41) is 17.4. The number of aliphatic hydroxyl groups is 1. The second-order valence-corrected chi connectivity index (χ2v) is 6.07. The average molecular weight is 333 g/mol. The van der Waals surface area contributed by atoms with E-state index in [4.69, 9.17) is 19.8 Å². The number of aliphatic hydroxyl groups excluding tert-OH is 1. The Hall–Kier alpha value is -1.73. The van der Waals surface area contributed by atoms with Crippen LogP contribution in [0.25, 0.3) is 0 Å². The van der Waals surface area contributed by atoms with Crippen LogP contribution in [0.4, 0.5) is 0 Å². The number of hydrogen-bond acceptors (Lipinski definition) is 4. The molecule has 0 aliphatic carbocycles. The van der Waals surface area contributed by atoms with Gasteiger partial charge in [-0.25, -0.2) is 0 Å². The molecule has 0 atom stereocenters. The molecule has 134 valence electrons. The van der Waals surface area contributed by atoms with Crippen molar-refractivity contribution in [2.45, 2.75) is 64.2 Å². The van der Waals surface area contributed by atoms with E-state index in [1.165, 1.54) is 38.5 Å². The van der Waals surface area contributed by atoms with E-state index in [0.29, 0.717) is 25.4 Å².